The van der Waals surface area contributed by atoms with Crippen LogP contribution in [0.15, 0.2) is 0 Å². The molecule has 1 aliphatic heterocycles. The number of hydrogen-bond donors (Lipinski definition) is 2. The fourth-order valence-corrected chi connectivity index (χ4v) is 3.44. The maximum Gasteiger partial charge on any atom is 0.410 e. The normalized spacial score (nSPS) is 21.8. The van der Waals surface area contributed by atoms with Crippen LogP contribution in [0.5, 0.6) is 0 Å². The van der Waals surface area contributed by atoms with Crippen molar-refractivity contribution in [2.45, 2.75) is 70.9 Å². The minimum atomic E-state index is -0.436. The summed E-state index contributed by atoms with van der Waals surface area (Å²) in [5, 5.41) is 13.3. The van der Waals surface area contributed by atoms with Crippen LogP contribution in [0.2, 0.25) is 0 Å². The maximum absolute atomic E-state index is 12.1. The maximum atomic E-state index is 12.1. The summed E-state index contributed by atoms with van der Waals surface area (Å²) in [6.45, 7) is 8.43. The molecule has 0 bridgehead atoms. The van der Waals surface area contributed by atoms with Crippen LogP contribution in [0.25, 0.3) is 0 Å². The van der Waals surface area contributed by atoms with Crippen molar-refractivity contribution in [3.8, 4) is 0 Å². The lowest BCUT2D eigenvalue weighted by molar-refractivity contribution is 0.0137. The Morgan fingerprint density at radius 1 is 1.26 bits per heavy atom. The second kappa shape index (κ2) is 8.34. The summed E-state index contributed by atoms with van der Waals surface area (Å²) in [4.78, 5) is 13.9. The molecule has 1 saturated carbocycles. The van der Waals surface area contributed by atoms with Crippen LogP contribution in [0, 0.1) is 11.8 Å². The number of nitrogens with zero attached hydrogens (tertiary/aromatic N) is 1. The van der Waals surface area contributed by atoms with Crippen molar-refractivity contribution in [1.29, 1.82) is 0 Å². The number of amides is 1. The van der Waals surface area contributed by atoms with Crippen molar-refractivity contribution in [3.63, 3.8) is 0 Å². The number of ether oxygens (including phenoxy) is 1. The predicted molar refractivity (Wildman–Crippen MR) is 91.4 cm³/mol. The lowest BCUT2D eigenvalue weighted by Gasteiger charge is -2.36. The van der Waals surface area contributed by atoms with Gasteiger partial charge in [0.2, 0.25) is 0 Å². The van der Waals surface area contributed by atoms with Gasteiger partial charge in [0.15, 0.2) is 0 Å². The Labute approximate surface area is 140 Å². The summed E-state index contributed by atoms with van der Waals surface area (Å²) in [6, 6.07) is 0.711. The van der Waals surface area contributed by atoms with Crippen LogP contribution in [0.3, 0.4) is 0 Å². The number of carbonyl (C=O) groups excluding carboxylic acids is 1. The topological polar surface area (TPSA) is 61.8 Å². The number of aliphatic hydroxyl groups excluding tert-OH is 1. The molecular formula is C18H34N2O3. The van der Waals surface area contributed by atoms with Gasteiger partial charge in [0.1, 0.15) is 5.60 Å². The summed E-state index contributed by atoms with van der Waals surface area (Å²) < 4.78 is 5.44. The van der Waals surface area contributed by atoms with Crippen molar-refractivity contribution >= 4 is 6.09 Å². The highest BCUT2D eigenvalue weighted by Crippen LogP contribution is 2.28. The number of piperidine rings is 1. The van der Waals surface area contributed by atoms with E-state index in [2.05, 4.69) is 5.32 Å². The van der Waals surface area contributed by atoms with Crippen LogP contribution in [0.1, 0.15) is 59.3 Å². The molecule has 5 heteroatoms. The third-order valence-corrected chi connectivity index (χ3v) is 5.15. The van der Waals surface area contributed by atoms with Gasteiger partial charge in [-0.2, -0.15) is 0 Å². The largest absolute Gasteiger partial charge is 0.444 e. The molecule has 2 N–H and O–H groups in total. The number of carbonyl (C=O) groups is 1. The Hall–Kier alpha value is -0.810. The number of rotatable bonds is 6. The molecule has 1 unspecified atom stereocenters. The van der Waals surface area contributed by atoms with Crippen molar-refractivity contribution in [2.24, 2.45) is 11.8 Å². The molecule has 1 heterocycles. The van der Waals surface area contributed by atoms with Crippen LogP contribution in [0.4, 0.5) is 4.79 Å². The van der Waals surface area contributed by atoms with E-state index in [4.69, 9.17) is 4.74 Å². The van der Waals surface area contributed by atoms with E-state index in [1.54, 1.807) is 0 Å². The molecule has 2 fully saturated rings. The molecule has 2 rings (SSSR count). The van der Waals surface area contributed by atoms with E-state index in [-0.39, 0.29) is 12.7 Å². The molecule has 1 aliphatic carbocycles. The number of hydrogen-bond acceptors (Lipinski definition) is 4. The zero-order chi connectivity index (χ0) is 16.9. The minimum absolute atomic E-state index is 0.205. The molecule has 1 amide bonds. The molecule has 1 atom stereocenters. The second-order valence-electron chi connectivity index (χ2n) is 8.12. The van der Waals surface area contributed by atoms with E-state index in [0.29, 0.717) is 17.9 Å². The van der Waals surface area contributed by atoms with Gasteiger partial charge in [-0.15, -0.1) is 0 Å². The van der Waals surface area contributed by atoms with E-state index in [1.807, 2.05) is 25.7 Å². The first-order chi connectivity index (χ1) is 10.9. The molecule has 0 aromatic rings. The molecule has 23 heavy (non-hydrogen) atoms. The lowest BCUT2D eigenvalue weighted by Crippen LogP contribution is -2.43. The van der Waals surface area contributed by atoms with Gasteiger partial charge < -0.3 is 20.1 Å². The summed E-state index contributed by atoms with van der Waals surface area (Å²) >= 11 is 0. The van der Waals surface area contributed by atoms with Gasteiger partial charge in [-0.05, 0) is 71.3 Å². The zero-order valence-electron chi connectivity index (χ0n) is 15.0. The van der Waals surface area contributed by atoms with Crippen LogP contribution >= 0.6 is 0 Å². The van der Waals surface area contributed by atoms with E-state index in [9.17, 15) is 9.90 Å². The highest BCUT2D eigenvalue weighted by Gasteiger charge is 2.30. The van der Waals surface area contributed by atoms with Gasteiger partial charge in [0.05, 0.1) is 0 Å². The average Bonchev–Trinajstić information content (AvgIpc) is 2.44. The van der Waals surface area contributed by atoms with Gasteiger partial charge in [-0.3, -0.25) is 0 Å². The number of likely N-dealkylation sites (tertiary alicyclic amines) is 1. The summed E-state index contributed by atoms with van der Waals surface area (Å²) in [6.07, 6.45) is 6.72. The summed E-state index contributed by atoms with van der Waals surface area (Å²) in [5.74, 6) is 0.866. The molecule has 134 valence electrons. The fourth-order valence-electron chi connectivity index (χ4n) is 3.44. The Morgan fingerprint density at radius 2 is 1.91 bits per heavy atom. The summed E-state index contributed by atoms with van der Waals surface area (Å²) in [7, 11) is 0. The SMILES string of the molecule is CC(C)(C)OC(=O)N1CCC(C(CO)CCNC2CCC2)CC1. The Kier molecular flexibility index (Phi) is 6.72. The van der Waals surface area contributed by atoms with E-state index >= 15 is 0 Å². The van der Waals surface area contributed by atoms with E-state index < -0.39 is 5.60 Å². The van der Waals surface area contributed by atoms with Crippen molar-refractivity contribution < 1.29 is 14.6 Å². The molecule has 0 spiro atoms. The molecule has 5 nitrogen and oxygen atoms in total. The monoisotopic (exact) mass is 326 g/mol. The van der Waals surface area contributed by atoms with Gasteiger partial charge in [0.25, 0.3) is 0 Å². The van der Waals surface area contributed by atoms with E-state index in [0.717, 1.165) is 38.9 Å². The van der Waals surface area contributed by atoms with Gasteiger partial charge in [-0.1, -0.05) is 6.42 Å². The first-order valence-electron chi connectivity index (χ1n) is 9.21. The van der Waals surface area contributed by atoms with Crippen molar-refractivity contribution in [1.82, 2.24) is 10.2 Å². The Bertz CT molecular complexity index is 369. The van der Waals surface area contributed by atoms with Crippen molar-refractivity contribution in [2.75, 3.05) is 26.2 Å². The first-order valence-corrected chi connectivity index (χ1v) is 9.21. The molecule has 0 aromatic carbocycles. The smallest absolute Gasteiger partial charge is 0.410 e. The van der Waals surface area contributed by atoms with Gasteiger partial charge in [0, 0.05) is 25.7 Å². The van der Waals surface area contributed by atoms with Gasteiger partial charge >= 0.3 is 6.09 Å². The number of nitrogens with one attached hydrogen (secondary N) is 1. The molecule has 2 aliphatic rings. The third-order valence-electron chi connectivity index (χ3n) is 5.15. The molecule has 0 aromatic heterocycles. The number of aliphatic hydroxyl groups is 1. The van der Waals surface area contributed by atoms with E-state index in [1.165, 1.54) is 19.3 Å². The van der Waals surface area contributed by atoms with Gasteiger partial charge in [-0.25, -0.2) is 4.79 Å². The molecule has 0 radical (unpaired) electrons. The Morgan fingerprint density at radius 3 is 2.39 bits per heavy atom. The standard InChI is InChI=1S/C18H34N2O3/c1-18(2,3)23-17(22)20-11-8-14(9-12-20)15(13-21)7-10-19-16-5-4-6-16/h14-16,19,21H,4-13H2,1-3H3. The quantitative estimate of drug-likeness (QED) is 0.788. The first kappa shape index (κ1) is 18.5. The zero-order valence-corrected chi connectivity index (χ0v) is 15.0. The predicted octanol–water partition coefficient (Wildman–Crippen LogP) is 2.77. The minimum Gasteiger partial charge on any atom is -0.444 e. The lowest BCUT2D eigenvalue weighted by atomic mass is 9.82. The highest BCUT2D eigenvalue weighted by atomic mass is 16.6. The fraction of sp³-hybridized carbons (Fsp3) is 0.944. The third kappa shape index (κ3) is 5.96. The molecular weight excluding hydrogens is 292 g/mol. The van der Waals surface area contributed by atoms with Crippen LogP contribution in [-0.2, 0) is 4.74 Å². The van der Waals surface area contributed by atoms with Crippen LogP contribution < -0.4 is 5.32 Å². The summed E-state index contributed by atoms with van der Waals surface area (Å²) in [5.41, 5.74) is -0.436. The Balaban J connectivity index is 1.69. The van der Waals surface area contributed by atoms with Crippen LogP contribution in [-0.4, -0.2) is 54.0 Å². The highest BCUT2D eigenvalue weighted by molar-refractivity contribution is 5.68. The average molecular weight is 326 g/mol. The molecule has 1 saturated heterocycles. The second-order valence-corrected chi connectivity index (χ2v) is 8.12. The van der Waals surface area contributed by atoms with Crippen molar-refractivity contribution in [3.05, 3.63) is 0 Å².